The Morgan fingerprint density at radius 1 is 1.47 bits per heavy atom. The van der Waals surface area contributed by atoms with Crippen LogP contribution < -0.4 is 0 Å². The van der Waals surface area contributed by atoms with Gasteiger partial charge in [-0.05, 0) is 44.0 Å². The van der Waals surface area contributed by atoms with Gasteiger partial charge >= 0.3 is 0 Å². The van der Waals surface area contributed by atoms with Gasteiger partial charge in [-0.3, -0.25) is 0 Å². The van der Waals surface area contributed by atoms with E-state index in [2.05, 4.69) is 17.9 Å². The summed E-state index contributed by atoms with van der Waals surface area (Å²) in [6, 6.07) is 8.06. The highest BCUT2D eigenvalue weighted by Crippen LogP contribution is 2.29. The first-order chi connectivity index (χ1) is 7.31. The zero-order valence-corrected chi connectivity index (χ0v) is 9.17. The predicted octanol–water partition coefficient (Wildman–Crippen LogP) is 2.83. The highest BCUT2D eigenvalue weighted by atomic mass is 19.1. The van der Waals surface area contributed by atoms with E-state index in [1.54, 1.807) is 6.07 Å². The minimum Gasteiger partial charge on any atom is -0.304 e. The number of nitrogens with zero attached hydrogens (tertiary/aromatic N) is 1. The molecule has 0 amide bonds. The minimum absolute atomic E-state index is 0.160. The molecule has 0 aromatic heterocycles. The number of rotatable bonds is 2. The monoisotopic (exact) mass is 206 g/mol. The zero-order chi connectivity index (χ0) is 10.7. The van der Waals surface area contributed by atoms with Gasteiger partial charge in [0, 0.05) is 6.07 Å². The van der Waals surface area contributed by atoms with Crippen LogP contribution in [0.4, 0.5) is 4.39 Å². The molecule has 2 rings (SSSR count). The smallest absolute Gasteiger partial charge is 0.134 e. The van der Waals surface area contributed by atoms with Crippen LogP contribution in [0.15, 0.2) is 18.2 Å². The van der Waals surface area contributed by atoms with E-state index in [1.165, 1.54) is 0 Å². The minimum atomic E-state index is -0.160. The third-order valence-electron chi connectivity index (χ3n) is 3.31. The van der Waals surface area contributed by atoms with Gasteiger partial charge in [0.15, 0.2) is 0 Å². The topological polar surface area (TPSA) is 3.24 Å². The molecular weight excluding hydrogens is 189 g/mol. The van der Waals surface area contributed by atoms with Crippen LogP contribution in [-0.4, -0.2) is 24.5 Å². The number of hydrogen-bond donors (Lipinski definition) is 0. The Hall–Kier alpha value is -0.890. The Labute approximate surface area is 90.9 Å². The lowest BCUT2D eigenvalue weighted by atomic mass is 9.89. The molecule has 1 aliphatic rings. The van der Waals surface area contributed by atoms with Gasteiger partial charge in [-0.2, -0.15) is 0 Å². The molecule has 1 heterocycles. The fourth-order valence-corrected chi connectivity index (χ4v) is 2.31. The van der Waals surface area contributed by atoms with E-state index in [0.29, 0.717) is 5.92 Å². The van der Waals surface area contributed by atoms with Gasteiger partial charge in [-0.15, -0.1) is 0 Å². The summed E-state index contributed by atoms with van der Waals surface area (Å²) in [5.41, 5.74) is 0.855. The van der Waals surface area contributed by atoms with E-state index in [1.807, 2.05) is 12.1 Å². The van der Waals surface area contributed by atoms with Gasteiger partial charge in [0.1, 0.15) is 5.82 Å². The summed E-state index contributed by atoms with van der Waals surface area (Å²) in [5, 5.41) is 0. The summed E-state index contributed by atoms with van der Waals surface area (Å²) in [5.74, 6) is 0.234. The van der Waals surface area contributed by atoms with E-state index in [-0.39, 0.29) is 5.82 Å². The highest BCUT2D eigenvalue weighted by molar-refractivity contribution is 5.21. The second kappa shape index (κ2) is 4.75. The average molecular weight is 206 g/mol. The van der Waals surface area contributed by atoms with Crippen molar-refractivity contribution in [3.05, 3.63) is 35.6 Å². The molecule has 0 unspecified atom stereocenters. The lowest BCUT2D eigenvalue weighted by Crippen LogP contribution is -2.32. The fourth-order valence-electron chi connectivity index (χ4n) is 2.31. The normalized spacial score (nSPS) is 19.3. The first-order valence-electron chi connectivity index (χ1n) is 5.69. The Morgan fingerprint density at radius 3 is 2.80 bits per heavy atom. The average Bonchev–Trinajstić information content (AvgIpc) is 2.30. The first-order valence-corrected chi connectivity index (χ1v) is 5.69. The molecule has 81 valence electrons. The number of likely N-dealkylation sites (tertiary alicyclic amines) is 1. The Kier molecular flexibility index (Phi) is 3.37. The van der Waals surface area contributed by atoms with Crippen molar-refractivity contribution in [2.24, 2.45) is 0 Å². The van der Waals surface area contributed by atoms with Crippen LogP contribution in [0, 0.1) is 11.9 Å². The molecule has 1 nitrogen and oxygen atoms in total. The summed E-state index contributed by atoms with van der Waals surface area (Å²) in [7, 11) is 0. The van der Waals surface area contributed by atoms with Crippen LogP contribution in [0.2, 0.25) is 0 Å². The second-order valence-electron chi connectivity index (χ2n) is 4.15. The second-order valence-corrected chi connectivity index (χ2v) is 4.15. The SMILES string of the molecule is CCN1CCC(c2ccc[c]c2F)CC1. The molecule has 0 bridgehead atoms. The van der Waals surface area contributed by atoms with E-state index in [0.717, 1.165) is 38.0 Å². The lowest BCUT2D eigenvalue weighted by Gasteiger charge is -2.31. The molecule has 0 aliphatic carbocycles. The molecule has 1 saturated heterocycles. The van der Waals surface area contributed by atoms with Crippen molar-refractivity contribution in [2.45, 2.75) is 25.7 Å². The maximum atomic E-state index is 13.5. The first kappa shape index (κ1) is 10.6. The number of halogens is 1. The van der Waals surface area contributed by atoms with Crippen LogP contribution in [0.25, 0.3) is 0 Å². The summed E-state index contributed by atoms with van der Waals surface area (Å²) in [4.78, 5) is 2.42. The highest BCUT2D eigenvalue weighted by Gasteiger charge is 2.21. The molecule has 1 aliphatic heterocycles. The van der Waals surface area contributed by atoms with Crippen molar-refractivity contribution < 1.29 is 4.39 Å². The molecule has 0 spiro atoms. The molecule has 1 aromatic carbocycles. The third kappa shape index (κ3) is 2.37. The Balaban J connectivity index is 2.04. The van der Waals surface area contributed by atoms with Gasteiger partial charge in [-0.25, -0.2) is 4.39 Å². The van der Waals surface area contributed by atoms with E-state index < -0.39 is 0 Å². The fraction of sp³-hybridized carbons (Fsp3) is 0.538. The molecule has 0 saturated carbocycles. The molecule has 1 fully saturated rings. The Bertz CT molecular complexity index is 316. The molecular formula is C13H17FN. The Morgan fingerprint density at radius 2 is 2.20 bits per heavy atom. The van der Waals surface area contributed by atoms with Crippen molar-refractivity contribution in [3.8, 4) is 0 Å². The van der Waals surface area contributed by atoms with Crippen molar-refractivity contribution >= 4 is 0 Å². The maximum absolute atomic E-state index is 13.5. The third-order valence-corrected chi connectivity index (χ3v) is 3.31. The standard InChI is InChI=1S/C13H17FN/c1-2-15-9-7-11(8-10-15)12-5-3-4-6-13(12)14/h3-5,11H,2,7-10H2,1H3. The van der Waals surface area contributed by atoms with Gasteiger partial charge in [0.05, 0.1) is 0 Å². The maximum Gasteiger partial charge on any atom is 0.134 e. The molecule has 1 aromatic rings. The number of piperidine rings is 1. The van der Waals surface area contributed by atoms with Crippen LogP contribution in [-0.2, 0) is 0 Å². The van der Waals surface area contributed by atoms with Gasteiger partial charge in [-0.1, -0.05) is 25.1 Å². The van der Waals surface area contributed by atoms with Crippen LogP contribution in [0.5, 0.6) is 0 Å². The quantitative estimate of drug-likeness (QED) is 0.719. The summed E-state index contributed by atoms with van der Waals surface area (Å²) in [6.07, 6.45) is 2.14. The summed E-state index contributed by atoms with van der Waals surface area (Å²) < 4.78 is 13.5. The molecule has 0 atom stereocenters. The summed E-state index contributed by atoms with van der Waals surface area (Å²) >= 11 is 0. The zero-order valence-electron chi connectivity index (χ0n) is 9.17. The molecule has 2 heteroatoms. The predicted molar refractivity (Wildman–Crippen MR) is 59.3 cm³/mol. The molecule has 1 radical (unpaired) electrons. The van der Waals surface area contributed by atoms with Gasteiger partial charge in [0.25, 0.3) is 0 Å². The van der Waals surface area contributed by atoms with E-state index in [9.17, 15) is 4.39 Å². The number of hydrogen-bond acceptors (Lipinski definition) is 1. The van der Waals surface area contributed by atoms with Crippen LogP contribution in [0.1, 0.15) is 31.2 Å². The van der Waals surface area contributed by atoms with E-state index in [4.69, 9.17) is 0 Å². The van der Waals surface area contributed by atoms with Crippen LogP contribution >= 0.6 is 0 Å². The molecule has 15 heavy (non-hydrogen) atoms. The number of benzene rings is 1. The van der Waals surface area contributed by atoms with Gasteiger partial charge in [0.2, 0.25) is 0 Å². The lowest BCUT2D eigenvalue weighted by molar-refractivity contribution is 0.220. The van der Waals surface area contributed by atoms with Crippen molar-refractivity contribution in [1.29, 1.82) is 0 Å². The molecule has 0 N–H and O–H groups in total. The summed E-state index contributed by atoms with van der Waals surface area (Å²) in [6.45, 7) is 5.47. The largest absolute Gasteiger partial charge is 0.304 e. The van der Waals surface area contributed by atoms with Gasteiger partial charge < -0.3 is 4.90 Å². The van der Waals surface area contributed by atoms with E-state index >= 15 is 0 Å². The van der Waals surface area contributed by atoms with Crippen LogP contribution in [0.3, 0.4) is 0 Å². The van der Waals surface area contributed by atoms with Crippen molar-refractivity contribution in [1.82, 2.24) is 4.90 Å². The van der Waals surface area contributed by atoms with Crippen molar-refractivity contribution in [2.75, 3.05) is 19.6 Å². The van der Waals surface area contributed by atoms with Crippen molar-refractivity contribution in [3.63, 3.8) is 0 Å².